The number of nitrogens with zero attached hydrogens (tertiary/aromatic N) is 1. The van der Waals surface area contributed by atoms with Crippen LogP contribution in [-0.4, -0.2) is 46.7 Å². The number of carboxylic acid groups (broad SMARTS) is 1. The van der Waals surface area contributed by atoms with Crippen LogP contribution in [0.1, 0.15) is 43.5 Å². The van der Waals surface area contributed by atoms with E-state index in [0.29, 0.717) is 0 Å². The number of esters is 1. The molecule has 0 aliphatic heterocycles. The predicted octanol–water partition coefficient (Wildman–Crippen LogP) is 2.51. The van der Waals surface area contributed by atoms with E-state index in [-0.39, 0.29) is 23.5 Å². The second-order valence-corrected chi connectivity index (χ2v) is 4.94. The summed E-state index contributed by atoms with van der Waals surface area (Å²) in [6.45, 7) is 7.13. The van der Waals surface area contributed by atoms with Gasteiger partial charge in [0, 0.05) is 6.42 Å². The van der Waals surface area contributed by atoms with Crippen LogP contribution in [0.15, 0.2) is 18.2 Å². The molecule has 0 heterocycles. The van der Waals surface area contributed by atoms with Crippen molar-refractivity contribution in [2.24, 2.45) is 0 Å². The van der Waals surface area contributed by atoms with Crippen LogP contribution in [0.4, 0.5) is 0 Å². The van der Waals surface area contributed by atoms with Crippen molar-refractivity contribution in [3.05, 3.63) is 23.8 Å². The van der Waals surface area contributed by atoms with E-state index < -0.39 is 11.9 Å². The minimum atomic E-state index is -1.27. The maximum absolute atomic E-state index is 11.7. The quantitative estimate of drug-likeness (QED) is 0.414. The lowest BCUT2D eigenvalue weighted by Crippen LogP contribution is -2.24. The van der Waals surface area contributed by atoms with Crippen molar-refractivity contribution in [3.63, 3.8) is 0 Å². The maximum Gasteiger partial charge on any atom is 0.339 e. The zero-order valence-electron chi connectivity index (χ0n) is 13.0. The van der Waals surface area contributed by atoms with E-state index in [1.807, 2.05) is 0 Å². The topological polar surface area (TPSA) is 87.1 Å². The van der Waals surface area contributed by atoms with Crippen LogP contribution < -0.4 is 4.74 Å². The monoisotopic (exact) mass is 309 g/mol. The molecule has 0 fully saturated rings. The Bertz CT molecular complexity index is 511. The van der Waals surface area contributed by atoms with Crippen LogP contribution in [0.5, 0.6) is 11.5 Å². The van der Waals surface area contributed by atoms with E-state index in [1.165, 1.54) is 12.1 Å². The molecule has 0 saturated carbocycles. The molecule has 2 N–H and O–H groups in total. The maximum atomic E-state index is 11.7. The number of hydrogen-bond donors (Lipinski definition) is 2. The molecule has 0 amide bonds. The molecule has 22 heavy (non-hydrogen) atoms. The van der Waals surface area contributed by atoms with Crippen molar-refractivity contribution in [2.75, 3.05) is 19.6 Å². The van der Waals surface area contributed by atoms with E-state index in [9.17, 15) is 14.7 Å². The van der Waals surface area contributed by atoms with Gasteiger partial charge in [-0.2, -0.15) is 0 Å². The summed E-state index contributed by atoms with van der Waals surface area (Å²) in [6, 6.07) is 3.72. The Morgan fingerprint density at radius 1 is 1.18 bits per heavy atom. The first-order valence-electron chi connectivity index (χ1n) is 7.47. The van der Waals surface area contributed by atoms with Gasteiger partial charge in [-0.15, -0.1) is 0 Å². The number of rotatable bonds is 9. The average molecular weight is 309 g/mol. The molecule has 0 aromatic heterocycles. The van der Waals surface area contributed by atoms with Gasteiger partial charge in [0.15, 0.2) is 0 Å². The smallest absolute Gasteiger partial charge is 0.339 e. The van der Waals surface area contributed by atoms with E-state index in [4.69, 9.17) is 9.84 Å². The number of carbonyl (C=O) groups is 2. The van der Waals surface area contributed by atoms with Crippen LogP contribution >= 0.6 is 0 Å². The Morgan fingerprint density at radius 2 is 1.86 bits per heavy atom. The van der Waals surface area contributed by atoms with Crippen molar-refractivity contribution in [1.29, 1.82) is 0 Å². The summed E-state index contributed by atoms with van der Waals surface area (Å²) < 4.78 is 5.09. The number of carboxylic acids is 1. The zero-order chi connectivity index (χ0) is 16.5. The molecular formula is C16H23NO5. The molecule has 0 aliphatic rings. The minimum absolute atomic E-state index is 0.129. The first-order valence-corrected chi connectivity index (χ1v) is 7.47. The van der Waals surface area contributed by atoms with Gasteiger partial charge in [0.1, 0.15) is 17.1 Å². The fourth-order valence-corrected chi connectivity index (χ4v) is 2.08. The molecule has 6 nitrogen and oxygen atoms in total. The molecule has 0 bridgehead atoms. The van der Waals surface area contributed by atoms with Crippen molar-refractivity contribution in [3.8, 4) is 11.5 Å². The molecule has 0 unspecified atom stereocenters. The molecular weight excluding hydrogens is 286 g/mol. The van der Waals surface area contributed by atoms with Gasteiger partial charge in [0.25, 0.3) is 0 Å². The Morgan fingerprint density at radius 3 is 2.45 bits per heavy atom. The van der Waals surface area contributed by atoms with Crippen LogP contribution in [-0.2, 0) is 4.79 Å². The van der Waals surface area contributed by atoms with Gasteiger partial charge >= 0.3 is 11.9 Å². The standard InChI is InChI=1S/C16H23NO5/c1-3-17(4-2)10-6-5-7-15(19)22-12-8-9-14(18)13(11-12)16(20)21/h8-9,11,18H,3-7,10H2,1-2H3,(H,20,21). The number of aromatic carboxylic acids is 1. The summed E-state index contributed by atoms with van der Waals surface area (Å²) >= 11 is 0. The minimum Gasteiger partial charge on any atom is -0.507 e. The Hall–Kier alpha value is -2.08. The van der Waals surface area contributed by atoms with Crippen LogP contribution in [0.2, 0.25) is 0 Å². The molecule has 6 heteroatoms. The van der Waals surface area contributed by atoms with Crippen LogP contribution in [0, 0.1) is 0 Å². The van der Waals surface area contributed by atoms with Crippen LogP contribution in [0.3, 0.4) is 0 Å². The summed E-state index contributed by atoms with van der Waals surface area (Å²) in [6.07, 6.45) is 1.91. The molecule has 1 aromatic carbocycles. The SMILES string of the molecule is CCN(CC)CCCCC(=O)Oc1ccc(O)c(C(=O)O)c1. The predicted molar refractivity (Wildman–Crippen MR) is 82.3 cm³/mol. The highest BCUT2D eigenvalue weighted by Gasteiger charge is 2.12. The second kappa shape index (κ2) is 9.04. The number of unbranched alkanes of at least 4 members (excludes halogenated alkanes) is 1. The van der Waals surface area contributed by atoms with Crippen LogP contribution in [0.25, 0.3) is 0 Å². The first kappa shape index (κ1) is 18.0. The molecule has 0 atom stereocenters. The summed E-state index contributed by atoms with van der Waals surface area (Å²) in [7, 11) is 0. The first-order chi connectivity index (χ1) is 10.5. The third kappa shape index (κ3) is 5.73. The van der Waals surface area contributed by atoms with Gasteiger partial charge in [0.2, 0.25) is 0 Å². The number of carbonyl (C=O) groups excluding carboxylic acids is 1. The summed E-state index contributed by atoms with van der Waals surface area (Å²) in [5.41, 5.74) is -0.285. The van der Waals surface area contributed by atoms with E-state index in [1.54, 1.807) is 0 Å². The molecule has 1 aromatic rings. The number of ether oxygens (including phenoxy) is 1. The van der Waals surface area contributed by atoms with E-state index >= 15 is 0 Å². The highest BCUT2D eigenvalue weighted by atomic mass is 16.5. The largest absolute Gasteiger partial charge is 0.507 e. The second-order valence-electron chi connectivity index (χ2n) is 4.94. The normalized spacial score (nSPS) is 10.7. The van der Waals surface area contributed by atoms with E-state index in [2.05, 4.69) is 18.7 Å². The summed E-state index contributed by atoms with van der Waals surface area (Å²) in [5.74, 6) is -1.90. The average Bonchev–Trinajstić information content (AvgIpc) is 2.49. The molecule has 0 aliphatic carbocycles. The van der Waals surface area contributed by atoms with Crippen molar-refractivity contribution in [2.45, 2.75) is 33.1 Å². The lowest BCUT2D eigenvalue weighted by Gasteiger charge is -2.17. The number of aromatic hydroxyl groups is 1. The molecule has 0 saturated heterocycles. The third-order valence-electron chi connectivity index (χ3n) is 3.43. The molecule has 0 spiro atoms. The van der Waals surface area contributed by atoms with E-state index in [0.717, 1.165) is 38.5 Å². The highest BCUT2D eigenvalue weighted by Crippen LogP contribution is 2.23. The highest BCUT2D eigenvalue weighted by molar-refractivity contribution is 5.91. The van der Waals surface area contributed by atoms with Gasteiger partial charge in [-0.05, 0) is 50.7 Å². The van der Waals surface area contributed by atoms with Crippen molar-refractivity contribution >= 4 is 11.9 Å². The lowest BCUT2D eigenvalue weighted by atomic mass is 10.2. The van der Waals surface area contributed by atoms with Gasteiger partial charge in [-0.25, -0.2) is 4.79 Å². The fraction of sp³-hybridized carbons (Fsp3) is 0.500. The number of hydrogen-bond acceptors (Lipinski definition) is 5. The summed E-state index contributed by atoms with van der Waals surface area (Å²) in [4.78, 5) is 24.9. The molecule has 0 radical (unpaired) electrons. The number of benzene rings is 1. The Balaban J connectivity index is 2.42. The Labute approximate surface area is 130 Å². The van der Waals surface area contributed by atoms with Gasteiger partial charge in [0.05, 0.1) is 0 Å². The molecule has 1 rings (SSSR count). The third-order valence-corrected chi connectivity index (χ3v) is 3.43. The Kier molecular flexibility index (Phi) is 7.39. The van der Waals surface area contributed by atoms with Gasteiger partial charge < -0.3 is 19.8 Å². The van der Waals surface area contributed by atoms with Crippen molar-refractivity contribution in [1.82, 2.24) is 4.90 Å². The van der Waals surface area contributed by atoms with Crippen molar-refractivity contribution < 1.29 is 24.5 Å². The zero-order valence-corrected chi connectivity index (χ0v) is 13.0. The number of phenols is 1. The fourth-order valence-electron chi connectivity index (χ4n) is 2.08. The summed E-state index contributed by atoms with van der Waals surface area (Å²) in [5, 5.41) is 18.3. The van der Waals surface area contributed by atoms with Gasteiger partial charge in [-0.1, -0.05) is 13.8 Å². The van der Waals surface area contributed by atoms with Gasteiger partial charge in [-0.3, -0.25) is 4.79 Å². The lowest BCUT2D eigenvalue weighted by molar-refractivity contribution is -0.134. The molecule has 122 valence electrons.